The molecule has 1 aliphatic carbocycles. The van der Waals surface area contributed by atoms with Crippen LogP contribution in [0.4, 0.5) is 4.39 Å². The molecule has 0 aromatic carbocycles. The molecule has 0 spiro atoms. The Morgan fingerprint density at radius 1 is 1.45 bits per heavy atom. The van der Waals surface area contributed by atoms with E-state index in [0.29, 0.717) is 11.8 Å². The third kappa shape index (κ3) is 2.23. The minimum absolute atomic E-state index is 0.0979. The van der Waals surface area contributed by atoms with Crippen LogP contribution in [0.3, 0.4) is 0 Å². The second-order valence-corrected chi connectivity index (χ2v) is 5.64. The van der Waals surface area contributed by atoms with Gasteiger partial charge in [0.2, 0.25) is 0 Å². The van der Waals surface area contributed by atoms with Crippen LogP contribution in [0.2, 0.25) is 0 Å². The van der Waals surface area contributed by atoms with Gasteiger partial charge in [-0.15, -0.1) is 0 Å². The van der Waals surface area contributed by atoms with Crippen LogP contribution < -0.4 is 0 Å². The lowest BCUT2D eigenvalue weighted by Crippen LogP contribution is -2.23. The van der Waals surface area contributed by atoms with Crippen molar-refractivity contribution in [2.75, 3.05) is 0 Å². The lowest BCUT2D eigenvalue weighted by Gasteiger charge is -2.30. The van der Waals surface area contributed by atoms with E-state index in [0.717, 1.165) is 42.6 Å². The van der Waals surface area contributed by atoms with Crippen LogP contribution in [0.15, 0.2) is 18.6 Å². The summed E-state index contributed by atoms with van der Waals surface area (Å²) in [6.07, 6.45) is 7.10. The van der Waals surface area contributed by atoms with Gasteiger partial charge >= 0.3 is 0 Å². The Kier molecular flexibility index (Phi) is 3.55. The lowest BCUT2D eigenvalue weighted by atomic mass is 9.76. The second-order valence-electron chi connectivity index (χ2n) is 5.64. The highest BCUT2D eigenvalue weighted by Gasteiger charge is 2.29. The average molecular weight is 273 g/mol. The van der Waals surface area contributed by atoms with Crippen LogP contribution in [-0.4, -0.2) is 15.0 Å². The standard InChI is InChI=1S/C16H20FN3/c1-3-12(16-10(2)19-9-20-16)11-4-5-13-14(17)6-7-18-15(13)8-11/h6-7,9,11-12H,3-5,8H2,1-2H3,(H,19,20). The molecule has 4 heteroatoms. The van der Waals surface area contributed by atoms with Crippen molar-refractivity contribution in [3.63, 3.8) is 0 Å². The van der Waals surface area contributed by atoms with E-state index in [-0.39, 0.29) is 5.82 Å². The number of hydrogen-bond donors (Lipinski definition) is 1. The molecule has 2 unspecified atom stereocenters. The molecule has 0 fully saturated rings. The molecule has 0 amide bonds. The Labute approximate surface area is 118 Å². The summed E-state index contributed by atoms with van der Waals surface area (Å²) < 4.78 is 13.8. The van der Waals surface area contributed by atoms with Crippen molar-refractivity contribution in [2.45, 2.75) is 45.4 Å². The van der Waals surface area contributed by atoms with Gasteiger partial charge in [0.1, 0.15) is 5.82 Å². The average Bonchev–Trinajstić information content (AvgIpc) is 2.86. The van der Waals surface area contributed by atoms with Crippen molar-refractivity contribution < 1.29 is 4.39 Å². The molecule has 0 bridgehead atoms. The Balaban J connectivity index is 1.87. The van der Waals surface area contributed by atoms with Crippen LogP contribution in [0.25, 0.3) is 0 Å². The maximum absolute atomic E-state index is 13.8. The third-order valence-electron chi connectivity index (χ3n) is 4.56. The van der Waals surface area contributed by atoms with Gasteiger partial charge in [0.15, 0.2) is 0 Å². The van der Waals surface area contributed by atoms with Crippen molar-refractivity contribution in [3.8, 4) is 0 Å². The molecular weight excluding hydrogens is 253 g/mol. The predicted molar refractivity (Wildman–Crippen MR) is 76.1 cm³/mol. The molecule has 0 saturated heterocycles. The van der Waals surface area contributed by atoms with Crippen LogP contribution in [-0.2, 0) is 12.8 Å². The summed E-state index contributed by atoms with van der Waals surface area (Å²) in [7, 11) is 0. The molecule has 2 aromatic heterocycles. The molecule has 1 N–H and O–H groups in total. The van der Waals surface area contributed by atoms with E-state index in [1.165, 1.54) is 11.8 Å². The number of halogens is 1. The van der Waals surface area contributed by atoms with Gasteiger partial charge in [-0.25, -0.2) is 9.37 Å². The summed E-state index contributed by atoms with van der Waals surface area (Å²) in [4.78, 5) is 12.0. The Morgan fingerprint density at radius 3 is 3.00 bits per heavy atom. The molecule has 0 saturated carbocycles. The number of hydrogen-bond acceptors (Lipinski definition) is 2. The molecule has 1 aliphatic rings. The number of rotatable bonds is 3. The van der Waals surface area contributed by atoms with Crippen molar-refractivity contribution in [1.29, 1.82) is 0 Å². The normalized spacial score (nSPS) is 19.6. The summed E-state index contributed by atoms with van der Waals surface area (Å²) in [5.74, 6) is 0.871. The fraction of sp³-hybridized carbons (Fsp3) is 0.500. The zero-order valence-electron chi connectivity index (χ0n) is 12.0. The molecule has 3 nitrogen and oxygen atoms in total. The number of H-pyrrole nitrogens is 1. The van der Waals surface area contributed by atoms with Gasteiger partial charge in [-0.1, -0.05) is 6.92 Å². The first-order valence-corrected chi connectivity index (χ1v) is 7.32. The van der Waals surface area contributed by atoms with Gasteiger partial charge in [-0.3, -0.25) is 4.98 Å². The fourth-order valence-electron chi connectivity index (χ4n) is 3.49. The minimum Gasteiger partial charge on any atom is -0.348 e. The number of nitrogens with zero attached hydrogens (tertiary/aromatic N) is 2. The van der Waals surface area contributed by atoms with E-state index in [4.69, 9.17) is 0 Å². The van der Waals surface area contributed by atoms with Crippen LogP contribution >= 0.6 is 0 Å². The minimum atomic E-state index is -0.0979. The lowest BCUT2D eigenvalue weighted by molar-refractivity contribution is 0.352. The van der Waals surface area contributed by atoms with Crippen molar-refractivity contribution in [3.05, 3.63) is 47.1 Å². The van der Waals surface area contributed by atoms with Crippen molar-refractivity contribution in [2.24, 2.45) is 5.92 Å². The van der Waals surface area contributed by atoms with Crippen LogP contribution in [0.5, 0.6) is 0 Å². The summed E-state index contributed by atoms with van der Waals surface area (Å²) >= 11 is 0. The summed E-state index contributed by atoms with van der Waals surface area (Å²) in [6.45, 7) is 4.25. The number of nitrogens with one attached hydrogen (secondary N) is 1. The van der Waals surface area contributed by atoms with E-state index in [1.807, 2.05) is 6.92 Å². The first-order chi connectivity index (χ1) is 9.70. The monoisotopic (exact) mass is 273 g/mol. The van der Waals surface area contributed by atoms with Gasteiger partial charge in [0.05, 0.1) is 12.0 Å². The third-order valence-corrected chi connectivity index (χ3v) is 4.56. The maximum Gasteiger partial charge on any atom is 0.129 e. The number of aryl methyl sites for hydroxylation is 1. The zero-order valence-corrected chi connectivity index (χ0v) is 12.0. The van der Waals surface area contributed by atoms with Gasteiger partial charge in [0, 0.05) is 29.1 Å². The first kappa shape index (κ1) is 13.3. The highest BCUT2D eigenvalue weighted by Crippen LogP contribution is 2.37. The SMILES string of the molecule is CCC(c1[nH]cnc1C)C1CCc2c(F)ccnc2C1. The fourth-order valence-corrected chi connectivity index (χ4v) is 3.49. The Hall–Kier alpha value is -1.71. The molecule has 2 aromatic rings. The number of pyridine rings is 1. The number of imidazole rings is 1. The molecule has 2 atom stereocenters. The largest absolute Gasteiger partial charge is 0.348 e. The molecule has 20 heavy (non-hydrogen) atoms. The summed E-state index contributed by atoms with van der Waals surface area (Å²) in [5.41, 5.74) is 4.07. The molecule has 2 heterocycles. The predicted octanol–water partition coefficient (Wildman–Crippen LogP) is 3.55. The molecule has 0 aliphatic heterocycles. The Morgan fingerprint density at radius 2 is 2.30 bits per heavy atom. The van der Waals surface area contributed by atoms with E-state index < -0.39 is 0 Å². The first-order valence-electron chi connectivity index (χ1n) is 7.32. The Bertz CT molecular complexity index is 606. The van der Waals surface area contributed by atoms with Crippen LogP contribution in [0.1, 0.15) is 48.3 Å². The van der Waals surface area contributed by atoms with Crippen LogP contribution in [0, 0.1) is 18.7 Å². The van der Waals surface area contributed by atoms with E-state index in [9.17, 15) is 4.39 Å². The zero-order chi connectivity index (χ0) is 14.1. The van der Waals surface area contributed by atoms with Gasteiger partial charge in [-0.05, 0) is 44.6 Å². The highest BCUT2D eigenvalue weighted by atomic mass is 19.1. The van der Waals surface area contributed by atoms with Gasteiger partial charge < -0.3 is 4.98 Å². The van der Waals surface area contributed by atoms with E-state index >= 15 is 0 Å². The molecule has 0 radical (unpaired) electrons. The van der Waals surface area contributed by atoms with Crippen molar-refractivity contribution >= 4 is 0 Å². The van der Waals surface area contributed by atoms with Crippen molar-refractivity contribution in [1.82, 2.24) is 15.0 Å². The molecular formula is C16H20FN3. The maximum atomic E-state index is 13.8. The smallest absolute Gasteiger partial charge is 0.129 e. The van der Waals surface area contributed by atoms with Gasteiger partial charge in [-0.2, -0.15) is 0 Å². The number of aromatic amines is 1. The molecule has 3 rings (SSSR count). The highest BCUT2D eigenvalue weighted by molar-refractivity contribution is 5.27. The van der Waals surface area contributed by atoms with E-state index in [1.54, 1.807) is 12.5 Å². The summed E-state index contributed by atoms with van der Waals surface area (Å²) in [6, 6.07) is 1.47. The molecule has 106 valence electrons. The number of aromatic nitrogens is 3. The topological polar surface area (TPSA) is 41.6 Å². The quantitative estimate of drug-likeness (QED) is 0.929. The second kappa shape index (κ2) is 5.35. The number of fused-ring (bicyclic) bond motifs is 1. The summed E-state index contributed by atoms with van der Waals surface area (Å²) in [5, 5.41) is 0. The van der Waals surface area contributed by atoms with Gasteiger partial charge in [0.25, 0.3) is 0 Å². The van der Waals surface area contributed by atoms with E-state index in [2.05, 4.69) is 21.9 Å².